The van der Waals surface area contributed by atoms with Crippen LogP contribution in [0.25, 0.3) is 0 Å². The summed E-state index contributed by atoms with van der Waals surface area (Å²) in [7, 11) is 0. The number of para-hydroxylation sites is 1. The highest BCUT2D eigenvalue weighted by Crippen LogP contribution is 2.16. The molecule has 1 amide bonds. The van der Waals surface area contributed by atoms with Crippen LogP contribution in [0, 0.1) is 6.92 Å². The second kappa shape index (κ2) is 5.64. The smallest absolute Gasteiger partial charge is 0.246 e. The zero-order valence-electron chi connectivity index (χ0n) is 9.84. The van der Waals surface area contributed by atoms with Crippen molar-refractivity contribution in [2.45, 2.75) is 13.5 Å². The highest BCUT2D eigenvalue weighted by atomic mass is 35.5. The zero-order valence-corrected chi connectivity index (χ0v) is 10.6. The third-order valence-electron chi connectivity index (χ3n) is 2.35. The topological polar surface area (TPSA) is 59.2 Å². The number of nitrogens with zero attached hydrogens (tertiary/aromatic N) is 3. The molecule has 0 unspecified atom stereocenters. The van der Waals surface area contributed by atoms with Crippen molar-refractivity contribution < 1.29 is 9.32 Å². The number of rotatable bonds is 4. The van der Waals surface area contributed by atoms with Crippen molar-refractivity contribution >= 4 is 23.2 Å². The van der Waals surface area contributed by atoms with Crippen molar-refractivity contribution in [1.82, 2.24) is 10.1 Å². The fourth-order valence-corrected chi connectivity index (χ4v) is 1.69. The predicted octanol–water partition coefficient (Wildman–Crippen LogP) is 2.15. The number of alkyl halides is 1. The van der Waals surface area contributed by atoms with Gasteiger partial charge in [0.25, 0.3) is 0 Å². The van der Waals surface area contributed by atoms with E-state index in [1.165, 1.54) is 4.90 Å². The van der Waals surface area contributed by atoms with Crippen molar-refractivity contribution in [3.8, 4) is 0 Å². The number of hydrogen-bond donors (Lipinski definition) is 0. The highest BCUT2D eigenvalue weighted by Gasteiger charge is 2.17. The maximum atomic E-state index is 11.8. The Morgan fingerprint density at radius 3 is 2.67 bits per heavy atom. The minimum Gasteiger partial charge on any atom is -0.337 e. The van der Waals surface area contributed by atoms with Crippen LogP contribution in [0.5, 0.6) is 0 Å². The molecule has 2 rings (SSSR count). The van der Waals surface area contributed by atoms with Crippen molar-refractivity contribution in [3.05, 3.63) is 42.0 Å². The fraction of sp³-hybridized carbons (Fsp3) is 0.250. The largest absolute Gasteiger partial charge is 0.337 e. The second-order valence-electron chi connectivity index (χ2n) is 3.68. The van der Waals surface area contributed by atoms with Crippen LogP contribution < -0.4 is 4.90 Å². The fourth-order valence-electron chi connectivity index (χ4n) is 1.54. The van der Waals surface area contributed by atoms with Crippen molar-refractivity contribution in [3.63, 3.8) is 0 Å². The number of aryl methyl sites for hydroxylation is 1. The van der Waals surface area contributed by atoms with Crippen molar-refractivity contribution in [1.29, 1.82) is 0 Å². The molecular formula is C12H12ClN3O2. The quantitative estimate of drug-likeness (QED) is 0.795. The van der Waals surface area contributed by atoms with Crippen LogP contribution in [-0.2, 0) is 11.3 Å². The molecule has 0 spiro atoms. The van der Waals surface area contributed by atoms with E-state index in [0.717, 1.165) is 5.69 Å². The van der Waals surface area contributed by atoms with Crippen LogP contribution in [0.1, 0.15) is 11.7 Å². The van der Waals surface area contributed by atoms with Gasteiger partial charge in [0.05, 0.1) is 0 Å². The summed E-state index contributed by atoms with van der Waals surface area (Å²) in [6, 6.07) is 9.23. The first-order valence-electron chi connectivity index (χ1n) is 5.41. The summed E-state index contributed by atoms with van der Waals surface area (Å²) in [5.74, 6) is 0.618. The minimum atomic E-state index is -0.210. The van der Waals surface area contributed by atoms with Gasteiger partial charge < -0.3 is 9.42 Å². The van der Waals surface area contributed by atoms with Gasteiger partial charge >= 0.3 is 0 Å². The summed E-state index contributed by atoms with van der Waals surface area (Å²) in [5.41, 5.74) is 0.749. The average molecular weight is 266 g/mol. The number of hydrogen-bond acceptors (Lipinski definition) is 4. The number of carbonyl (C=O) groups excluding carboxylic acids is 1. The van der Waals surface area contributed by atoms with Crippen LogP contribution in [0.4, 0.5) is 5.69 Å². The van der Waals surface area contributed by atoms with Crippen LogP contribution in [0.3, 0.4) is 0 Å². The highest BCUT2D eigenvalue weighted by molar-refractivity contribution is 6.29. The molecule has 0 fully saturated rings. The second-order valence-corrected chi connectivity index (χ2v) is 3.95. The predicted molar refractivity (Wildman–Crippen MR) is 67.4 cm³/mol. The molecule has 0 N–H and O–H groups in total. The summed E-state index contributed by atoms with van der Waals surface area (Å²) in [5, 5.41) is 3.69. The van der Waals surface area contributed by atoms with E-state index >= 15 is 0 Å². The maximum Gasteiger partial charge on any atom is 0.246 e. The Morgan fingerprint density at radius 1 is 1.39 bits per heavy atom. The number of halogens is 1. The van der Waals surface area contributed by atoms with E-state index in [1.807, 2.05) is 30.3 Å². The Labute approximate surface area is 109 Å². The molecule has 18 heavy (non-hydrogen) atoms. The van der Waals surface area contributed by atoms with Crippen LogP contribution >= 0.6 is 11.6 Å². The van der Waals surface area contributed by atoms with E-state index in [1.54, 1.807) is 6.92 Å². The third-order valence-corrected chi connectivity index (χ3v) is 2.57. The molecule has 94 valence electrons. The van der Waals surface area contributed by atoms with E-state index in [9.17, 15) is 4.79 Å². The Kier molecular flexibility index (Phi) is 3.94. The van der Waals surface area contributed by atoms with Gasteiger partial charge in [-0.3, -0.25) is 4.79 Å². The Bertz CT molecular complexity index is 527. The van der Waals surface area contributed by atoms with Gasteiger partial charge in [-0.2, -0.15) is 4.98 Å². The Balaban J connectivity index is 2.24. The SMILES string of the molecule is Cc1noc(CN(C(=O)CCl)c2ccccc2)n1. The van der Waals surface area contributed by atoms with Gasteiger partial charge in [0, 0.05) is 5.69 Å². The van der Waals surface area contributed by atoms with E-state index in [-0.39, 0.29) is 18.3 Å². The van der Waals surface area contributed by atoms with Gasteiger partial charge in [0.15, 0.2) is 5.82 Å². The molecule has 0 saturated carbocycles. The number of aromatic nitrogens is 2. The average Bonchev–Trinajstić information content (AvgIpc) is 2.82. The molecule has 0 aliphatic rings. The molecule has 0 atom stereocenters. The summed E-state index contributed by atoms with van der Waals surface area (Å²) in [6.45, 7) is 1.94. The lowest BCUT2D eigenvalue weighted by Crippen LogP contribution is -2.31. The molecule has 1 heterocycles. The molecule has 5 nitrogen and oxygen atoms in total. The lowest BCUT2D eigenvalue weighted by atomic mass is 10.3. The standard InChI is InChI=1S/C12H12ClN3O2/c1-9-14-11(18-15-9)8-16(12(17)7-13)10-5-3-2-4-6-10/h2-6H,7-8H2,1H3. The van der Waals surface area contributed by atoms with E-state index in [4.69, 9.17) is 16.1 Å². The van der Waals surface area contributed by atoms with Crippen LogP contribution in [0.2, 0.25) is 0 Å². The maximum absolute atomic E-state index is 11.8. The molecule has 0 aliphatic heterocycles. The van der Waals surface area contributed by atoms with E-state index in [0.29, 0.717) is 11.7 Å². The van der Waals surface area contributed by atoms with Gasteiger partial charge in [-0.15, -0.1) is 11.6 Å². The summed E-state index contributed by atoms with van der Waals surface area (Å²) < 4.78 is 5.01. The van der Waals surface area contributed by atoms with Crippen molar-refractivity contribution in [2.24, 2.45) is 0 Å². The van der Waals surface area contributed by atoms with Gasteiger partial charge in [0.1, 0.15) is 12.4 Å². The molecule has 1 aromatic heterocycles. The van der Waals surface area contributed by atoms with Gasteiger partial charge in [-0.25, -0.2) is 0 Å². The lowest BCUT2D eigenvalue weighted by Gasteiger charge is -2.19. The van der Waals surface area contributed by atoms with Gasteiger partial charge in [0.2, 0.25) is 11.8 Å². The molecule has 0 saturated heterocycles. The van der Waals surface area contributed by atoms with E-state index < -0.39 is 0 Å². The first-order valence-corrected chi connectivity index (χ1v) is 5.94. The van der Waals surface area contributed by atoms with Crippen LogP contribution in [0.15, 0.2) is 34.9 Å². The normalized spacial score (nSPS) is 10.3. The molecule has 2 aromatic rings. The first-order chi connectivity index (χ1) is 8.70. The molecule has 0 aliphatic carbocycles. The monoisotopic (exact) mass is 265 g/mol. The number of anilines is 1. The number of carbonyl (C=O) groups is 1. The summed E-state index contributed by atoms with van der Waals surface area (Å²) >= 11 is 5.61. The lowest BCUT2D eigenvalue weighted by molar-refractivity contribution is -0.116. The minimum absolute atomic E-state index is 0.0952. The number of benzene rings is 1. The third kappa shape index (κ3) is 2.87. The summed E-state index contributed by atoms with van der Waals surface area (Å²) in [6.07, 6.45) is 0. The Morgan fingerprint density at radius 2 is 2.11 bits per heavy atom. The molecule has 1 aromatic carbocycles. The molecule has 0 bridgehead atoms. The molecule has 6 heteroatoms. The van der Waals surface area contributed by atoms with E-state index in [2.05, 4.69) is 10.1 Å². The summed E-state index contributed by atoms with van der Waals surface area (Å²) in [4.78, 5) is 17.4. The van der Waals surface area contributed by atoms with Gasteiger partial charge in [-0.1, -0.05) is 23.4 Å². The zero-order chi connectivity index (χ0) is 13.0. The Hall–Kier alpha value is -1.88. The first kappa shape index (κ1) is 12.6. The molecule has 0 radical (unpaired) electrons. The van der Waals surface area contributed by atoms with Gasteiger partial charge in [-0.05, 0) is 19.1 Å². The van der Waals surface area contributed by atoms with Crippen molar-refractivity contribution in [2.75, 3.05) is 10.8 Å². The number of amides is 1. The van der Waals surface area contributed by atoms with Crippen LogP contribution in [-0.4, -0.2) is 21.9 Å². The molecular weight excluding hydrogens is 254 g/mol.